The fourth-order valence-electron chi connectivity index (χ4n) is 3.85. The molecule has 1 aliphatic carbocycles. The van der Waals surface area contributed by atoms with Crippen molar-refractivity contribution in [2.24, 2.45) is 5.92 Å². The van der Waals surface area contributed by atoms with Crippen molar-refractivity contribution in [2.75, 3.05) is 6.61 Å². The van der Waals surface area contributed by atoms with E-state index in [-0.39, 0.29) is 29.3 Å². The number of ether oxygens (including phenoxy) is 1. The van der Waals surface area contributed by atoms with Crippen molar-refractivity contribution in [3.63, 3.8) is 0 Å². The summed E-state index contributed by atoms with van der Waals surface area (Å²) in [6.07, 6.45) is 1.65. The summed E-state index contributed by atoms with van der Waals surface area (Å²) in [5.74, 6) is 0.536. The summed E-state index contributed by atoms with van der Waals surface area (Å²) in [5.41, 5.74) is 1.12. The van der Waals surface area contributed by atoms with Gasteiger partial charge in [0.2, 0.25) is 5.91 Å². The highest BCUT2D eigenvalue weighted by Gasteiger charge is 2.60. The van der Waals surface area contributed by atoms with Crippen LogP contribution in [-0.4, -0.2) is 23.6 Å². The zero-order valence-corrected chi connectivity index (χ0v) is 13.9. The maximum absolute atomic E-state index is 12.6. The number of carboxylic acid groups (broad SMARTS) is 1. The van der Waals surface area contributed by atoms with E-state index in [1.54, 1.807) is 6.92 Å². The van der Waals surface area contributed by atoms with Gasteiger partial charge in [-0.2, -0.15) is 0 Å². The second kappa shape index (κ2) is 5.65. The van der Waals surface area contributed by atoms with E-state index in [1.165, 1.54) is 6.07 Å². The molecule has 0 bridgehead atoms. The first kappa shape index (κ1) is 15.7. The van der Waals surface area contributed by atoms with Gasteiger partial charge in [-0.15, -0.1) is 0 Å². The highest BCUT2D eigenvalue weighted by atomic mass is 16.5. The Labute approximate surface area is 144 Å². The van der Waals surface area contributed by atoms with Gasteiger partial charge in [0.05, 0.1) is 13.2 Å². The lowest BCUT2D eigenvalue weighted by molar-refractivity contribution is -0.123. The Morgan fingerprint density at radius 3 is 2.92 bits per heavy atom. The molecule has 1 saturated carbocycles. The van der Waals surface area contributed by atoms with Gasteiger partial charge >= 0.3 is 5.97 Å². The summed E-state index contributed by atoms with van der Waals surface area (Å²) in [6.45, 7) is 2.42. The van der Waals surface area contributed by atoms with Gasteiger partial charge in [0.25, 0.3) is 0 Å². The third kappa shape index (κ3) is 2.58. The van der Waals surface area contributed by atoms with Crippen LogP contribution in [0.25, 0.3) is 0 Å². The summed E-state index contributed by atoms with van der Waals surface area (Å²) >= 11 is 0. The van der Waals surface area contributed by atoms with Crippen LogP contribution in [0.15, 0.2) is 34.7 Å². The lowest BCUT2D eigenvalue weighted by atomic mass is 9.87. The Morgan fingerprint density at radius 2 is 2.16 bits per heavy atom. The van der Waals surface area contributed by atoms with Gasteiger partial charge in [0, 0.05) is 16.9 Å². The first-order valence-corrected chi connectivity index (χ1v) is 8.34. The van der Waals surface area contributed by atoms with Gasteiger partial charge in [-0.25, -0.2) is 4.79 Å². The van der Waals surface area contributed by atoms with Crippen molar-refractivity contribution in [1.29, 1.82) is 0 Å². The zero-order valence-electron chi connectivity index (χ0n) is 13.9. The lowest BCUT2D eigenvalue weighted by Gasteiger charge is -2.26. The highest BCUT2D eigenvalue weighted by Crippen LogP contribution is 2.60. The molecule has 2 aromatic rings. The number of nitrogens with one attached hydrogen (secondary N) is 1. The Balaban J connectivity index is 1.44. The van der Waals surface area contributed by atoms with Crippen LogP contribution in [0.5, 0.6) is 5.75 Å². The van der Waals surface area contributed by atoms with Crippen LogP contribution in [0.1, 0.15) is 40.3 Å². The molecule has 1 aromatic heterocycles. The molecule has 2 aliphatic rings. The minimum Gasteiger partial charge on any atom is -0.493 e. The Kier molecular flexibility index (Phi) is 3.56. The quantitative estimate of drug-likeness (QED) is 0.892. The number of aromatic carboxylic acids is 1. The smallest absolute Gasteiger partial charge is 0.339 e. The van der Waals surface area contributed by atoms with Crippen LogP contribution in [0.4, 0.5) is 0 Å². The van der Waals surface area contributed by atoms with Gasteiger partial charge in [0.1, 0.15) is 22.8 Å². The fraction of sp³-hybridized carbons (Fsp3) is 0.368. The molecule has 1 aliphatic heterocycles. The normalized spacial score (nSPS) is 23.6. The molecule has 2 heterocycles. The van der Waals surface area contributed by atoms with Crippen LogP contribution in [0.3, 0.4) is 0 Å². The second-order valence-corrected chi connectivity index (χ2v) is 6.71. The predicted molar refractivity (Wildman–Crippen MR) is 88.6 cm³/mol. The maximum Gasteiger partial charge on any atom is 0.339 e. The lowest BCUT2D eigenvalue weighted by Crippen LogP contribution is -2.30. The number of aryl methyl sites for hydroxylation is 1. The molecule has 1 spiro atoms. The third-order valence-corrected chi connectivity index (χ3v) is 5.26. The van der Waals surface area contributed by atoms with E-state index in [0.29, 0.717) is 18.1 Å². The van der Waals surface area contributed by atoms with Crippen LogP contribution in [0, 0.1) is 12.8 Å². The van der Waals surface area contributed by atoms with Crippen molar-refractivity contribution < 1.29 is 23.8 Å². The number of fused-ring (bicyclic) bond motifs is 2. The van der Waals surface area contributed by atoms with E-state index < -0.39 is 5.97 Å². The van der Waals surface area contributed by atoms with Crippen molar-refractivity contribution in [2.45, 2.75) is 31.7 Å². The van der Waals surface area contributed by atoms with Gasteiger partial charge in [-0.1, -0.05) is 18.2 Å². The van der Waals surface area contributed by atoms with Gasteiger partial charge < -0.3 is 19.6 Å². The molecule has 0 radical (unpaired) electrons. The van der Waals surface area contributed by atoms with Crippen molar-refractivity contribution in [1.82, 2.24) is 5.32 Å². The first-order chi connectivity index (χ1) is 12.0. The Morgan fingerprint density at radius 1 is 1.36 bits per heavy atom. The minimum absolute atomic E-state index is 0.0253. The molecule has 1 amide bonds. The van der Waals surface area contributed by atoms with Crippen molar-refractivity contribution >= 4 is 11.9 Å². The van der Waals surface area contributed by atoms with E-state index in [4.69, 9.17) is 14.3 Å². The molecule has 0 unspecified atom stereocenters. The van der Waals surface area contributed by atoms with Crippen molar-refractivity contribution in [3.8, 4) is 5.75 Å². The van der Waals surface area contributed by atoms with E-state index in [0.717, 1.165) is 24.2 Å². The number of furan rings is 1. The molecule has 6 nitrogen and oxygen atoms in total. The van der Waals surface area contributed by atoms with E-state index in [2.05, 4.69) is 5.32 Å². The van der Waals surface area contributed by atoms with Gasteiger partial charge in [0.15, 0.2) is 0 Å². The number of hydrogen-bond acceptors (Lipinski definition) is 4. The Hall–Kier alpha value is -2.76. The molecule has 1 fully saturated rings. The van der Waals surface area contributed by atoms with Crippen LogP contribution in [0.2, 0.25) is 0 Å². The van der Waals surface area contributed by atoms with Gasteiger partial charge in [-0.05, 0) is 31.9 Å². The molecule has 6 heteroatoms. The average Bonchev–Trinajstić information content (AvgIpc) is 3.18. The van der Waals surface area contributed by atoms with Crippen LogP contribution >= 0.6 is 0 Å². The SMILES string of the molecule is Cc1oc(CNC(=O)[C@@H]2C[C@]23CCOc2ccccc23)cc1C(=O)O. The molecule has 2 N–H and O–H groups in total. The molecule has 2 atom stereocenters. The first-order valence-electron chi connectivity index (χ1n) is 8.34. The number of carboxylic acids is 1. The summed E-state index contributed by atoms with van der Waals surface area (Å²) in [5, 5.41) is 11.9. The maximum atomic E-state index is 12.6. The highest BCUT2D eigenvalue weighted by molar-refractivity contribution is 5.89. The number of carbonyl (C=O) groups excluding carboxylic acids is 1. The summed E-state index contributed by atoms with van der Waals surface area (Å²) in [4.78, 5) is 23.6. The number of amides is 1. The number of para-hydroxylation sites is 1. The fourth-order valence-corrected chi connectivity index (χ4v) is 3.85. The third-order valence-electron chi connectivity index (χ3n) is 5.26. The second-order valence-electron chi connectivity index (χ2n) is 6.71. The molecular formula is C19H19NO5. The van der Waals surface area contributed by atoms with E-state index in [1.807, 2.05) is 24.3 Å². The predicted octanol–water partition coefficient (Wildman–Crippen LogP) is 2.64. The largest absolute Gasteiger partial charge is 0.493 e. The monoisotopic (exact) mass is 341 g/mol. The topological polar surface area (TPSA) is 88.8 Å². The molecule has 1 aromatic carbocycles. The summed E-state index contributed by atoms with van der Waals surface area (Å²) in [7, 11) is 0. The number of rotatable bonds is 4. The molecule has 25 heavy (non-hydrogen) atoms. The van der Waals surface area contributed by atoms with Crippen LogP contribution in [-0.2, 0) is 16.8 Å². The molecule has 4 rings (SSSR count). The van der Waals surface area contributed by atoms with E-state index >= 15 is 0 Å². The molecular weight excluding hydrogens is 322 g/mol. The molecule has 130 valence electrons. The minimum atomic E-state index is -1.03. The average molecular weight is 341 g/mol. The standard InChI is InChI=1S/C19H19NO5/c1-11-13(18(22)23)8-12(25-11)10-20-17(21)15-9-19(15)6-7-24-16-5-3-2-4-14(16)19/h2-5,8,15H,6-7,9-10H2,1H3,(H,20,21)(H,22,23)/t15-,19-/m0/s1. The number of carbonyl (C=O) groups is 2. The van der Waals surface area contributed by atoms with Crippen molar-refractivity contribution in [3.05, 3.63) is 53.0 Å². The summed E-state index contributed by atoms with van der Waals surface area (Å²) in [6, 6.07) is 9.36. The van der Waals surface area contributed by atoms with E-state index in [9.17, 15) is 9.59 Å². The number of hydrogen-bond donors (Lipinski definition) is 2. The van der Waals surface area contributed by atoms with Crippen LogP contribution < -0.4 is 10.1 Å². The zero-order chi connectivity index (χ0) is 17.6. The number of benzene rings is 1. The Bertz CT molecular complexity index is 855. The molecule has 0 saturated heterocycles. The summed E-state index contributed by atoms with van der Waals surface area (Å²) < 4.78 is 11.1. The van der Waals surface area contributed by atoms with Gasteiger partial charge in [-0.3, -0.25) is 4.79 Å².